The second-order valence-corrected chi connectivity index (χ2v) is 5.33. The summed E-state index contributed by atoms with van der Waals surface area (Å²) in [7, 11) is 0. The summed E-state index contributed by atoms with van der Waals surface area (Å²) in [5, 5.41) is 3.63. The number of fused-ring (bicyclic) bond motifs is 1. The minimum atomic E-state index is -0.547. The van der Waals surface area contributed by atoms with Crippen molar-refractivity contribution in [1.82, 2.24) is 9.66 Å². The summed E-state index contributed by atoms with van der Waals surface area (Å²) in [6.45, 7) is 1.65. The van der Waals surface area contributed by atoms with Crippen LogP contribution in [0.25, 0.3) is 10.9 Å². The van der Waals surface area contributed by atoms with Crippen molar-refractivity contribution in [3.63, 3.8) is 0 Å². The van der Waals surface area contributed by atoms with Crippen LogP contribution in [0, 0.1) is 6.92 Å². The SMILES string of the molecule is Cc1nc2ccccc2c(=O)n1NC(=O)Nc1ccc(Cl)cc1. The highest BCUT2D eigenvalue weighted by molar-refractivity contribution is 6.30. The smallest absolute Gasteiger partial charge is 0.307 e. The lowest BCUT2D eigenvalue weighted by atomic mass is 10.2. The van der Waals surface area contributed by atoms with Crippen molar-refractivity contribution in [2.45, 2.75) is 6.92 Å². The first-order valence-corrected chi connectivity index (χ1v) is 7.24. The van der Waals surface area contributed by atoms with Crippen molar-refractivity contribution in [1.29, 1.82) is 0 Å². The van der Waals surface area contributed by atoms with Crippen LogP contribution in [-0.2, 0) is 0 Å². The number of anilines is 1. The quantitative estimate of drug-likeness (QED) is 0.758. The van der Waals surface area contributed by atoms with E-state index in [0.29, 0.717) is 27.4 Å². The van der Waals surface area contributed by atoms with Crippen LogP contribution < -0.4 is 16.3 Å². The normalized spacial score (nSPS) is 10.5. The van der Waals surface area contributed by atoms with Gasteiger partial charge in [0, 0.05) is 10.7 Å². The maximum Gasteiger partial charge on any atom is 0.338 e. The minimum absolute atomic E-state index is 0.334. The fourth-order valence-electron chi connectivity index (χ4n) is 2.17. The average molecular weight is 329 g/mol. The van der Waals surface area contributed by atoms with Gasteiger partial charge in [0.25, 0.3) is 5.56 Å². The number of halogens is 1. The number of hydrogen-bond acceptors (Lipinski definition) is 3. The van der Waals surface area contributed by atoms with E-state index in [1.165, 1.54) is 0 Å². The zero-order valence-electron chi connectivity index (χ0n) is 12.2. The predicted molar refractivity (Wildman–Crippen MR) is 90.6 cm³/mol. The van der Waals surface area contributed by atoms with Crippen LogP contribution >= 0.6 is 11.6 Å². The molecule has 0 spiro atoms. The molecule has 7 heteroatoms. The molecule has 0 aliphatic rings. The summed E-state index contributed by atoms with van der Waals surface area (Å²) < 4.78 is 1.12. The van der Waals surface area contributed by atoms with Gasteiger partial charge >= 0.3 is 6.03 Å². The lowest BCUT2D eigenvalue weighted by Gasteiger charge is -2.12. The van der Waals surface area contributed by atoms with E-state index in [-0.39, 0.29) is 5.56 Å². The van der Waals surface area contributed by atoms with Gasteiger partial charge in [-0.05, 0) is 43.3 Å². The highest BCUT2D eigenvalue weighted by Crippen LogP contribution is 2.13. The van der Waals surface area contributed by atoms with Gasteiger partial charge in [-0.1, -0.05) is 23.7 Å². The lowest BCUT2D eigenvalue weighted by Crippen LogP contribution is -2.37. The molecule has 0 fully saturated rings. The Morgan fingerprint density at radius 2 is 1.83 bits per heavy atom. The first-order chi connectivity index (χ1) is 11.0. The van der Waals surface area contributed by atoms with Crippen molar-refractivity contribution >= 4 is 34.2 Å². The number of urea groups is 1. The number of carbonyl (C=O) groups is 1. The third kappa shape index (κ3) is 3.17. The lowest BCUT2D eigenvalue weighted by molar-refractivity contribution is 0.259. The zero-order valence-corrected chi connectivity index (χ0v) is 13.0. The summed E-state index contributed by atoms with van der Waals surface area (Å²) in [4.78, 5) is 28.8. The van der Waals surface area contributed by atoms with Crippen molar-refractivity contribution in [2.75, 3.05) is 10.7 Å². The van der Waals surface area contributed by atoms with Crippen LogP contribution in [0.4, 0.5) is 10.5 Å². The first-order valence-electron chi connectivity index (χ1n) is 6.86. The maximum absolute atomic E-state index is 12.4. The molecule has 0 saturated heterocycles. The van der Waals surface area contributed by atoms with Gasteiger partial charge in [-0.3, -0.25) is 4.79 Å². The Balaban J connectivity index is 1.87. The molecule has 0 atom stereocenters. The number of para-hydroxylation sites is 1. The summed E-state index contributed by atoms with van der Waals surface area (Å²) in [5.74, 6) is 0.389. The Morgan fingerprint density at radius 1 is 1.13 bits per heavy atom. The minimum Gasteiger partial charge on any atom is -0.307 e. The largest absolute Gasteiger partial charge is 0.338 e. The molecule has 3 aromatic rings. The van der Waals surface area contributed by atoms with E-state index >= 15 is 0 Å². The van der Waals surface area contributed by atoms with Gasteiger partial charge in [-0.15, -0.1) is 0 Å². The molecule has 116 valence electrons. The standard InChI is InChI=1S/C16H13ClN4O2/c1-10-18-14-5-3-2-4-13(14)15(22)21(10)20-16(23)19-12-8-6-11(17)7-9-12/h2-9H,1H3,(H2,19,20,23). The molecule has 0 bridgehead atoms. The Kier molecular flexibility index (Phi) is 3.99. The maximum atomic E-state index is 12.4. The zero-order chi connectivity index (χ0) is 16.4. The third-order valence-corrected chi connectivity index (χ3v) is 3.51. The molecule has 1 aromatic heterocycles. The number of nitrogens with one attached hydrogen (secondary N) is 2. The molecule has 2 N–H and O–H groups in total. The summed E-state index contributed by atoms with van der Waals surface area (Å²) in [5.41, 5.74) is 3.31. The molecule has 3 rings (SSSR count). The molecular formula is C16H13ClN4O2. The van der Waals surface area contributed by atoms with Gasteiger partial charge in [0.2, 0.25) is 0 Å². The van der Waals surface area contributed by atoms with Crippen LogP contribution in [0.1, 0.15) is 5.82 Å². The second-order valence-electron chi connectivity index (χ2n) is 4.89. The number of rotatable bonds is 2. The van der Waals surface area contributed by atoms with E-state index in [9.17, 15) is 9.59 Å². The molecule has 0 saturated carbocycles. The Hall–Kier alpha value is -2.86. The van der Waals surface area contributed by atoms with Gasteiger partial charge in [0.15, 0.2) is 0 Å². The molecule has 0 aliphatic heterocycles. The van der Waals surface area contributed by atoms with Crippen molar-refractivity contribution in [3.8, 4) is 0 Å². The van der Waals surface area contributed by atoms with Gasteiger partial charge in [-0.25, -0.2) is 19.9 Å². The molecule has 2 aromatic carbocycles. The van der Waals surface area contributed by atoms with Crippen molar-refractivity contribution in [2.24, 2.45) is 0 Å². The summed E-state index contributed by atoms with van der Waals surface area (Å²) in [6, 6.07) is 13.1. The number of hydrogen-bond donors (Lipinski definition) is 2. The molecule has 6 nitrogen and oxygen atoms in total. The van der Waals surface area contributed by atoms with Gasteiger partial charge in [0.05, 0.1) is 10.9 Å². The van der Waals surface area contributed by atoms with E-state index in [4.69, 9.17) is 11.6 Å². The second kappa shape index (κ2) is 6.10. The Morgan fingerprint density at radius 3 is 2.57 bits per heavy atom. The molecule has 0 unspecified atom stereocenters. The number of aromatic nitrogens is 2. The van der Waals surface area contributed by atoms with Crippen molar-refractivity contribution < 1.29 is 4.79 Å². The fraction of sp³-hybridized carbons (Fsp3) is 0.0625. The molecule has 0 aliphatic carbocycles. The first kappa shape index (κ1) is 15.1. The van der Waals surface area contributed by atoms with E-state index in [1.807, 2.05) is 0 Å². The molecule has 0 radical (unpaired) electrons. The van der Waals surface area contributed by atoms with Crippen LogP contribution in [0.3, 0.4) is 0 Å². The molecule has 2 amide bonds. The predicted octanol–water partition coefficient (Wildman–Crippen LogP) is 3.13. The summed E-state index contributed by atoms with van der Waals surface area (Å²) >= 11 is 5.79. The third-order valence-electron chi connectivity index (χ3n) is 3.26. The highest BCUT2D eigenvalue weighted by atomic mass is 35.5. The van der Waals surface area contributed by atoms with Gasteiger partial charge in [-0.2, -0.15) is 0 Å². The molecule has 23 heavy (non-hydrogen) atoms. The van der Waals surface area contributed by atoms with E-state index in [2.05, 4.69) is 15.7 Å². The van der Waals surface area contributed by atoms with E-state index in [0.717, 1.165) is 4.68 Å². The monoisotopic (exact) mass is 328 g/mol. The number of carbonyl (C=O) groups excluding carboxylic acids is 1. The summed E-state index contributed by atoms with van der Waals surface area (Å²) in [6.07, 6.45) is 0. The number of amides is 2. The Labute approximate surface area is 136 Å². The fourth-order valence-corrected chi connectivity index (χ4v) is 2.30. The number of nitrogens with zero attached hydrogens (tertiary/aromatic N) is 2. The van der Waals surface area contributed by atoms with Crippen LogP contribution in [0.2, 0.25) is 5.02 Å². The Bertz CT molecular complexity index is 935. The van der Waals surface area contributed by atoms with Gasteiger partial charge < -0.3 is 5.32 Å². The molecule has 1 heterocycles. The van der Waals surface area contributed by atoms with Crippen molar-refractivity contribution in [3.05, 3.63) is 69.7 Å². The van der Waals surface area contributed by atoms with Crippen LogP contribution in [-0.4, -0.2) is 15.7 Å². The number of benzene rings is 2. The average Bonchev–Trinajstić information content (AvgIpc) is 2.54. The number of aryl methyl sites for hydroxylation is 1. The van der Waals surface area contributed by atoms with E-state index < -0.39 is 6.03 Å². The topological polar surface area (TPSA) is 76.0 Å². The van der Waals surface area contributed by atoms with Crippen LogP contribution in [0.15, 0.2) is 53.3 Å². The molecular weight excluding hydrogens is 316 g/mol. The van der Waals surface area contributed by atoms with Crippen LogP contribution in [0.5, 0.6) is 0 Å². The highest BCUT2D eigenvalue weighted by Gasteiger charge is 2.10. The van der Waals surface area contributed by atoms with E-state index in [1.54, 1.807) is 55.5 Å². The van der Waals surface area contributed by atoms with Gasteiger partial charge in [0.1, 0.15) is 5.82 Å².